The number of aryl methyl sites for hydroxylation is 1. The number of carboxylic acids is 1. The van der Waals surface area contributed by atoms with Crippen LogP contribution >= 0.6 is 0 Å². The van der Waals surface area contributed by atoms with Gasteiger partial charge >= 0.3 is 5.97 Å². The van der Waals surface area contributed by atoms with Crippen molar-refractivity contribution in [3.05, 3.63) is 34.4 Å². The van der Waals surface area contributed by atoms with E-state index in [1.165, 1.54) is 6.07 Å². The second-order valence-electron chi connectivity index (χ2n) is 2.95. The largest absolute Gasteiger partial charge is 0.478 e. The third kappa shape index (κ3) is 1.86. The molecule has 15 heavy (non-hydrogen) atoms. The quantitative estimate of drug-likeness (QED) is 0.757. The number of rotatable bonds is 3. The summed E-state index contributed by atoms with van der Waals surface area (Å²) in [6, 6.07) is 4.86. The van der Waals surface area contributed by atoms with Crippen LogP contribution in [0, 0.1) is 11.3 Å². The first-order chi connectivity index (χ1) is 7.15. The van der Waals surface area contributed by atoms with Crippen LogP contribution in [0.1, 0.15) is 38.8 Å². The zero-order valence-electron chi connectivity index (χ0n) is 8.15. The van der Waals surface area contributed by atoms with Crippen LogP contribution in [0.5, 0.6) is 0 Å². The maximum absolute atomic E-state index is 10.9. The third-order valence-corrected chi connectivity index (χ3v) is 2.16. The molecule has 0 spiro atoms. The molecule has 0 aromatic heterocycles. The van der Waals surface area contributed by atoms with E-state index in [0.717, 1.165) is 0 Å². The van der Waals surface area contributed by atoms with Gasteiger partial charge in [0.25, 0.3) is 0 Å². The van der Waals surface area contributed by atoms with Gasteiger partial charge in [0, 0.05) is 5.56 Å². The van der Waals surface area contributed by atoms with Crippen molar-refractivity contribution < 1.29 is 14.7 Å². The van der Waals surface area contributed by atoms with E-state index in [0.29, 0.717) is 18.3 Å². The zero-order valence-corrected chi connectivity index (χ0v) is 8.15. The molecule has 0 unspecified atom stereocenters. The van der Waals surface area contributed by atoms with Crippen molar-refractivity contribution in [2.45, 2.75) is 13.3 Å². The molecule has 1 rings (SSSR count). The molecule has 1 aromatic carbocycles. The second kappa shape index (κ2) is 4.38. The van der Waals surface area contributed by atoms with Crippen molar-refractivity contribution in [2.75, 3.05) is 0 Å². The predicted molar refractivity (Wildman–Crippen MR) is 52.9 cm³/mol. The molecule has 0 atom stereocenters. The average molecular weight is 203 g/mol. The highest BCUT2D eigenvalue weighted by molar-refractivity contribution is 5.99. The highest BCUT2D eigenvalue weighted by atomic mass is 16.4. The summed E-state index contributed by atoms with van der Waals surface area (Å²) in [5.74, 6) is -1.25. The molecular formula is C11H9NO3. The number of carboxylic acid groups (broad SMARTS) is 1. The molecule has 0 aliphatic heterocycles. The van der Waals surface area contributed by atoms with Gasteiger partial charge in [-0.3, -0.25) is 4.79 Å². The zero-order chi connectivity index (χ0) is 11.4. The lowest BCUT2D eigenvalue weighted by molar-refractivity contribution is 0.0693. The van der Waals surface area contributed by atoms with Crippen molar-refractivity contribution >= 4 is 12.3 Å². The molecule has 0 bridgehead atoms. The van der Waals surface area contributed by atoms with Gasteiger partial charge in [-0.1, -0.05) is 19.1 Å². The van der Waals surface area contributed by atoms with Crippen molar-refractivity contribution in [3.8, 4) is 6.07 Å². The average Bonchev–Trinajstić information content (AvgIpc) is 2.26. The van der Waals surface area contributed by atoms with Gasteiger partial charge in [-0.15, -0.1) is 0 Å². The molecule has 0 heterocycles. The molecule has 0 aliphatic carbocycles. The fourth-order valence-corrected chi connectivity index (χ4v) is 1.41. The molecule has 0 radical (unpaired) electrons. The maximum atomic E-state index is 10.9. The summed E-state index contributed by atoms with van der Waals surface area (Å²) in [7, 11) is 0. The molecule has 0 saturated carbocycles. The van der Waals surface area contributed by atoms with E-state index in [1.807, 2.05) is 13.0 Å². The highest BCUT2D eigenvalue weighted by Crippen LogP contribution is 2.18. The van der Waals surface area contributed by atoms with Gasteiger partial charge in [-0.2, -0.15) is 5.26 Å². The molecule has 0 saturated heterocycles. The lowest BCUT2D eigenvalue weighted by Crippen LogP contribution is -2.07. The van der Waals surface area contributed by atoms with Crippen LogP contribution in [0.3, 0.4) is 0 Å². The molecule has 4 heteroatoms. The van der Waals surface area contributed by atoms with Crippen molar-refractivity contribution in [1.29, 1.82) is 5.26 Å². The number of nitrogens with zero attached hydrogens (tertiary/aromatic N) is 1. The number of aldehydes is 1. The fourth-order valence-electron chi connectivity index (χ4n) is 1.41. The Morgan fingerprint density at radius 2 is 2.27 bits per heavy atom. The van der Waals surface area contributed by atoms with E-state index in [1.54, 1.807) is 6.07 Å². The van der Waals surface area contributed by atoms with Crippen LogP contribution in [0.25, 0.3) is 0 Å². The Hall–Kier alpha value is -2.15. The van der Waals surface area contributed by atoms with Gasteiger partial charge in [0.05, 0.1) is 11.1 Å². The van der Waals surface area contributed by atoms with Gasteiger partial charge in [0.15, 0.2) is 6.29 Å². The normalized spacial score (nSPS) is 9.33. The first kappa shape index (κ1) is 10.9. The summed E-state index contributed by atoms with van der Waals surface area (Å²) in [6.45, 7) is 1.82. The topological polar surface area (TPSA) is 78.2 Å². The first-order valence-corrected chi connectivity index (χ1v) is 4.40. The molecule has 0 fully saturated rings. The van der Waals surface area contributed by atoms with Crippen LogP contribution in [-0.4, -0.2) is 17.4 Å². The van der Waals surface area contributed by atoms with E-state index >= 15 is 0 Å². The SMILES string of the molecule is CCc1ccc(C=O)c(C(=O)O)c1C#N. The number of hydrogen-bond acceptors (Lipinski definition) is 3. The summed E-state index contributed by atoms with van der Waals surface area (Å²) < 4.78 is 0. The molecule has 0 aliphatic rings. The third-order valence-electron chi connectivity index (χ3n) is 2.16. The Morgan fingerprint density at radius 3 is 2.67 bits per heavy atom. The van der Waals surface area contributed by atoms with Crippen molar-refractivity contribution in [1.82, 2.24) is 0 Å². The van der Waals surface area contributed by atoms with Crippen molar-refractivity contribution in [2.24, 2.45) is 0 Å². The Balaban J connectivity index is 3.60. The smallest absolute Gasteiger partial charge is 0.337 e. The fraction of sp³-hybridized carbons (Fsp3) is 0.182. The highest BCUT2D eigenvalue weighted by Gasteiger charge is 2.17. The molecule has 0 amide bonds. The van der Waals surface area contributed by atoms with E-state index in [9.17, 15) is 9.59 Å². The van der Waals surface area contributed by atoms with Crippen LogP contribution in [-0.2, 0) is 6.42 Å². The number of carbonyl (C=O) groups excluding carboxylic acids is 1. The van der Waals surface area contributed by atoms with Crippen LogP contribution in [0.2, 0.25) is 0 Å². The summed E-state index contributed by atoms with van der Waals surface area (Å²) in [4.78, 5) is 21.5. The van der Waals surface area contributed by atoms with Gasteiger partial charge in [-0.05, 0) is 12.0 Å². The van der Waals surface area contributed by atoms with Crippen molar-refractivity contribution in [3.63, 3.8) is 0 Å². The van der Waals surface area contributed by atoms with E-state index in [4.69, 9.17) is 10.4 Å². The van der Waals surface area contributed by atoms with Gasteiger partial charge in [0.2, 0.25) is 0 Å². The van der Waals surface area contributed by atoms with Crippen LogP contribution in [0.4, 0.5) is 0 Å². The number of benzene rings is 1. The molecular weight excluding hydrogens is 194 g/mol. The van der Waals surface area contributed by atoms with E-state index < -0.39 is 5.97 Å². The van der Waals surface area contributed by atoms with E-state index in [2.05, 4.69) is 0 Å². The Labute approximate surface area is 86.8 Å². The second-order valence-corrected chi connectivity index (χ2v) is 2.95. The summed E-state index contributed by atoms with van der Waals surface area (Å²) in [5.41, 5.74) is 0.554. The molecule has 4 nitrogen and oxygen atoms in total. The van der Waals surface area contributed by atoms with Crippen LogP contribution < -0.4 is 0 Å². The minimum absolute atomic E-state index is 0.0382. The summed E-state index contributed by atoms with van der Waals surface area (Å²) >= 11 is 0. The number of nitriles is 1. The van der Waals surface area contributed by atoms with Crippen LogP contribution in [0.15, 0.2) is 12.1 Å². The number of aromatic carboxylic acids is 1. The lowest BCUT2D eigenvalue weighted by atomic mass is 9.96. The minimum Gasteiger partial charge on any atom is -0.478 e. The molecule has 1 aromatic rings. The Kier molecular flexibility index (Phi) is 3.19. The standard InChI is InChI=1S/C11H9NO3/c1-2-7-3-4-8(6-13)10(11(14)15)9(7)5-12/h3-4,6H,2H2,1H3,(H,14,15). The first-order valence-electron chi connectivity index (χ1n) is 4.40. The van der Waals surface area contributed by atoms with Gasteiger partial charge in [0.1, 0.15) is 6.07 Å². The lowest BCUT2D eigenvalue weighted by Gasteiger charge is -2.06. The Morgan fingerprint density at radius 1 is 1.60 bits per heavy atom. The predicted octanol–water partition coefficient (Wildman–Crippen LogP) is 1.63. The Bertz CT molecular complexity index is 458. The molecule has 1 N–H and O–H groups in total. The van der Waals surface area contributed by atoms with Gasteiger partial charge < -0.3 is 5.11 Å². The minimum atomic E-state index is -1.25. The number of hydrogen-bond donors (Lipinski definition) is 1. The maximum Gasteiger partial charge on any atom is 0.337 e. The van der Waals surface area contributed by atoms with Gasteiger partial charge in [-0.25, -0.2) is 4.79 Å². The number of carbonyl (C=O) groups is 2. The summed E-state index contributed by atoms with van der Waals surface area (Å²) in [6.07, 6.45) is 1.01. The monoisotopic (exact) mass is 203 g/mol. The van der Waals surface area contributed by atoms with E-state index in [-0.39, 0.29) is 16.7 Å². The molecule has 76 valence electrons. The summed E-state index contributed by atoms with van der Waals surface area (Å²) in [5, 5.41) is 17.8.